The molecule has 1 atom stereocenters. The van der Waals surface area contributed by atoms with Crippen molar-refractivity contribution in [1.82, 2.24) is 25.1 Å². The molecule has 1 aromatic carbocycles. The van der Waals surface area contributed by atoms with Crippen LogP contribution in [0.4, 0.5) is 0 Å². The average Bonchev–Trinajstić information content (AvgIpc) is 3.39. The Morgan fingerprint density at radius 3 is 3.00 bits per heavy atom. The highest BCUT2D eigenvalue weighted by atomic mass is 32.2. The van der Waals surface area contributed by atoms with E-state index in [0.29, 0.717) is 10.9 Å². The van der Waals surface area contributed by atoms with Gasteiger partial charge in [-0.1, -0.05) is 35.5 Å². The highest BCUT2D eigenvalue weighted by Crippen LogP contribution is 2.35. The molecule has 140 valence electrons. The molecule has 3 aromatic rings. The van der Waals surface area contributed by atoms with Crippen molar-refractivity contribution in [2.75, 3.05) is 12.3 Å². The number of hydrogen-bond acceptors (Lipinski definition) is 6. The number of hydrogen-bond donors (Lipinski definition) is 0. The Hall–Kier alpha value is -2.19. The number of thiophene rings is 1. The van der Waals surface area contributed by atoms with Crippen molar-refractivity contribution < 1.29 is 4.79 Å². The fraction of sp³-hybridized carbons (Fsp3) is 0.368. The molecule has 1 aliphatic rings. The number of rotatable bonds is 5. The second-order valence-electron chi connectivity index (χ2n) is 6.71. The minimum Gasteiger partial charge on any atom is -0.334 e. The van der Waals surface area contributed by atoms with Crippen LogP contribution >= 0.6 is 23.1 Å². The van der Waals surface area contributed by atoms with E-state index in [1.807, 2.05) is 30.0 Å². The summed E-state index contributed by atoms with van der Waals surface area (Å²) in [7, 11) is 0. The van der Waals surface area contributed by atoms with E-state index in [1.54, 1.807) is 16.0 Å². The van der Waals surface area contributed by atoms with Gasteiger partial charge in [-0.05, 0) is 60.2 Å². The molecule has 0 bridgehead atoms. The zero-order valence-electron chi connectivity index (χ0n) is 15.3. The lowest BCUT2D eigenvalue weighted by molar-refractivity contribution is -0.129. The minimum atomic E-state index is 0.145. The lowest BCUT2D eigenvalue weighted by Gasteiger charge is -2.23. The Balaban J connectivity index is 1.47. The van der Waals surface area contributed by atoms with Crippen molar-refractivity contribution in [2.24, 2.45) is 0 Å². The monoisotopic (exact) mass is 399 g/mol. The van der Waals surface area contributed by atoms with Gasteiger partial charge in [0, 0.05) is 11.4 Å². The zero-order chi connectivity index (χ0) is 18.8. The Bertz CT molecular complexity index is 937. The quantitative estimate of drug-likeness (QED) is 0.611. The van der Waals surface area contributed by atoms with Crippen LogP contribution in [0.3, 0.4) is 0 Å². The number of carbonyl (C=O) groups is 1. The molecule has 1 fully saturated rings. The molecule has 6 nitrogen and oxygen atoms in total. The molecule has 0 aliphatic carbocycles. The number of aromatic nitrogens is 4. The third kappa shape index (κ3) is 3.77. The Kier molecular flexibility index (Phi) is 5.27. The summed E-state index contributed by atoms with van der Waals surface area (Å²) < 4.78 is 1.72. The fourth-order valence-electron chi connectivity index (χ4n) is 3.51. The van der Waals surface area contributed by atoms with E-state index in [0.717, 1.165) is 30.6 Å². The molecular formula is C19H21N5OS2. The van der Waals surface area contributed by atoms with E-state index >= 15 is 0 Å². The molecule has 0 N–H and O–H groups in total. The first-order valence-corrected chi connectivity index (χ1v) is 10.8. The first kappa shape index (κ1) is 18.2. The molecule has 1 aliphatic heterocycles. The Morgan fingerprint density at radius 2 is 2.22 bits per heavy atom. The van der Waals surface area contributed by atoms with Gasteiger partial charge in [0.05, 0.1) is 17.5 Å². The van der Waals surface area contributed by atoms with Crippen molar-refractivity contribution in [3.05, 3.63) is 51.7 Å². The molecule has 27 heavy (non-hydrogen) atoms. The average molecular weight is 400 g/mol. The largest absolute Gasteiger partial charge is 0.334 e. The van der Waals surface area contributed by atoms with Gasteiger partial charge >= 0.3 is 0 Å². The molecule has 1 saturated heterocycles. The number of nitrogens with zero attached hydrogens (tertiary/aromatic N) is 5. The van der Waals surface area contributed by atoms with Crippen LogP contribution in [-0.4, -0.2) is 43.3 Å². The summed E-state index contributed by atoms with van der Waals surface area (Å²) in [5.74, 6) is 0.485. The van der Waals surface area contributed by atoms with Crippen LogP contribution < -0.4 is 0 Å². The SMILES string of the molecule is Cc1ccc(-n2nnnc2SCC(=O)N2CCCC2c2cccs2)c(C)c1. The van der Waals surface area contributed by atoms with Gasteiger partial charge in [-0.2, -0.15) is 4.68 Å². The fourth-order valence-corrected chi connectivity index (χ4v) is 5.16. The second kappa shape index (κ2) is 7.82. The third-order valence-corrected chi connectivity index (χ3v) is 6.67. The number of benzene rings is 1. The van der Waals surface area contributed by atoms with E-state index in [-0.39, 0.29) is 11.9 Å². The summed E-state index contributed by atoms with van der Waals surface area (Å²) in [6.45, 7) is 4.92. The summed E-state index contributed by atoms with van der Waals surface area (Å²) >= 11 is 3.12. The second-order valence-corrected chi connectivity index (χ2v) is 8.63. The maximum absolute atomic E-state index is 12.8. The van der Waals surface area contributed by atoms with Crippen molar-refractivity contribution in [2.45, 2.75) is 37.9 Å². The van der Waals surface area contributed by atoms with Gasteiger partial charge in [-0.25, -0.2) is 0 Å². The summed E-state index contributed by atoms with van der Waals surface area (Å²) in [5.41, 5.74) is 3.24. The lowest BCUT2D eigenvalue weighted by Crippen LogP contribution is -2.31. The summed E-state index contributed by atoms with van der Waals surface area (Å²) in [5, 5.41) is 14.8. The maximum Gasteiger partial charge on any atom is 0.233 e. The van der Waals surface area contributed by atoms with E-state index in [4.69, 9.17) is 0 Å². The van der Waals surface area contributed by atoms with Gasteiger partial charge in [0.15, 0.2) is 0 Å². The molecule has 8 heteroatoms. The standard InChI is InChI=1S/C19H21N5OS2/c1-13-7-8-15(14(2)11-13)24-19(20-21-22-24)27-12-18(25)23-9-3-5-16(23)17-6-4-10-26-17/h4,6-8,10-11,16H,3,5,9,12H2,1-2H3. The van der Waals surface area contributed by atoms with Crippen molar-refractivity contribution >= 4 is 29.0 Å². The van der Waals surface area contributed by atoms with Crippen molar-refractivity contribution in [3.63, 3.8) is 0 Å². The predicted molar refractivity (Wildman–Crippen MR) is 107 cm³/mol. The van der Waals surface area contributed by atoms with E-state index in [9.17, 15) is 4.79 Å². The molecule has 4 rings (SSSR count). The number of carbonyl (C=O) groups excluding carboxylic acids is 1. The summed E-state index contributed by atoms with van der Waals surface area (Å²) in [6.07, 6.45) is 2.09. The lowest BCUT2D eigenvalue weighted by atomic mass is 10.1. The molecule has 0 spiro atoms. The van der Waals surface area contributed by atoms with Crippen LogP contribution in [0.15, 0.2) is 40.9 Å². The van der Waals surface area contributed by atoms with Gasteiger partial charge in [-0.3, -0.25) is 4.79 Å². The smallest absolute Gasteiger partial charge is 0.233 e. The molecule has 0 saturated carbocycles. The molecule has 1 amide bonds. The van der Waals surface area contributed by atoms with Crippen LogP contribution in [0.1, 0.15) is 34.9 Å². The molecule has 2 aromatic heterocycles. The number of amides is 1. The Labute approximate surface area is 166 Å². The highest BCUT2D eigenvalue weighted by Gasteiger charge is 2.30. The van der Waals surface area contributed by atoms with E-state index in [1.165, 1.54) is 22.2 Å². The van der Waals surface area contributed by atoms with Crippen molar-refractivity contribution in [1.29, 1.82) is 0 Å². The van der Waals surface area contributed by atoms with E-state index in [2.05, 4.69) is 40.0 Å². The van der Waals surface area contributed by atoms with Gasteiger partial charge < -0.3 is 4.90 Å². The van der Waals surface area contributed by atoms with Gasteiger partial charge in [-0.15, -0.1) is 16.4 Å². The number of likely N-dealkylation sites (tertiary alicyclic amines) is 1. The zero-order valence-corrected chi connectivity index (χ0v) is 17.0. The van der Waals surface area contributed by atoms with Gasteiger partial charge in [0.1, 0.15) is 0 Å². The van der Waals surface area contributed by atoms with Crippen LogP contribution in [0.25, 0.3) is 5.69 Å². The van der Waals surface area contributed by atoms with Gasteiger partial charge in [0.25, 0.3) is 0 Å². The normalized spacial score (nSPS) is 16.8. The first-order chi connectivity index (χ1) is 13.1. The first-order valence-electron chi connectivity index (χ1n) is 8.95. The number of tetrazole rings is 1. The van der Waals surface area contributed by atoms with Crippen molar-refractivity contribution in [3.8, 4) is 5.69 Å². The topological polar surface area (TPSA) is 63.9 Å². The molecule has 3 heterocycles. The summed E-state index contributed by atoms with van der Waals surface area (Å²) in [6, 6.07) is 10.5. The molecule has 0 radical (unpaired) electrons. The van der Waals surface area contributed by atoms with E-state index < -0.39 is 0 Å². The van der Waals surface area contributed by atoms with Crippen LogP contribution in [0.5, 0.6) is 0 Å². The van der Waals surface area contributed by atoms with Crippen LogP contribution in [0, 0.1) is 13.8 Å². The highest BCUT2D eigenvalue weighted by molar-refractivity contribution is 7.99. The molecular weight excluding hydrogens is 378 g/mol. The minimum absolute atomic E-state index is 0.145. The van der Waals surface area contributed by atoms with Crippen LogP contribution in [0.2, 0.25) is 0 Å². The third-order valence-electron chi connectivity index (χ3n) is 4.79. The number of thioether (sulfide) groups is 1. The Morgan fingerprint density at radius 1 is 1.33 bits per heavy atom. The molecule has 1 unspecified atom stereocenters. The van der Waals surface area contributed by atoms with Gasteiger partial charge in [0.2, 0.25) is 11.1 Å². The maximum atomic E-state index is 12.8. The number of aryl methyl sites for hydroxylation is 2. The predicted octanol–water partition coefficient (Wildman–Crippen LogP) is 3.80. The van der Waals surface area contributed by atoms with Crippen LogP contribution in [-0.2, 0) is 4.79 Å². The summed E-state index contributed by atoms with van der Waals surface area (Å²) in [4.78, 5) is 16.1.